The topological polar surface area (TPSA) is 65.5 Å². The molecule has 5 nitrogen and oxygen atoms in total. The Morgan fingerprint density at radius 2 is 2.19 bits per heavy atom. The summed E-state index contributed by atoms with van der Waals surface area (Å²) in [6.07, 6.45) is 3.94. The molecule has 1 aromatic rings. The third-order valence-corrected chi connectivity index (χ3v) is 3.87. The zero-order chi connectivity index (χ0) is 15.5. The summed E-state index contributed by atoms with van der Waals surface area (Å²) in [6, 6.07) is 5.53. The Morgan fingerprint density at radius 3 is 2.81 bits per heavy atom. The van der Waals surface area contributed by atoms with Gasteiger partial charge in [0.05, 0.1) is 18.7 Å². The van der Waals surface area contributed by atoms with Gasteiger partial charge in [0.2, 0.25) is 0 Å². The molecule has 21 heavy (non-hydrogen) atoms. The van der Waals surface area contributed by atoms with Crippen LogP contribution in [0.1, 0.15) is 32.6 Å². The van der Waals surface area contributed by atoms with Gasteiger partial charge in [-0.2, -0.15) is 0 Å². The van der Waals surface area contributed by atoms with Crippen molar-refractivity contribution in [3.8, 4) is 0 Å². The van der Waals surface area contributed by atoms with E-state index in [2.05, 4.69) is 4.98 Å². The summed E-state index contributed by atoms with van der Waals surface area (Å²) >= 11 is 1.35. The second-order valence-corrected chi connectivity index (χ2v) is 5.63. The van der Waals surface area contributed by atoms with Gasteiger partial charge in [0, 0.05) is 12.6 Å². The fourth-order valence-electron chi connectivity index (χ4n) is 1.64. The third-order valence-electron chi connectivity index (χ3n) is 2.68. The van der Waals surface area contributed by atoms with E-state index >= 15 is 0 Å². The van der Waals surface area contributed by atoms with Crippen LogP contribution in [0.2, 0.25) is 0 Å². The van der Waals surface area contributed by atoms with E-state index in [9.17, 15) is 9.59 Å². The number of ether oxygens (including phenoxy) is 2. The van der Waals surface area contributed by atoms with Crippen molar-refractivity contribution >= 4 is 23.7 Å². The molecule has 0 saturated carbocycles. The van der Waals surface area contributed by atoms with E-state index in [1.54, 1.807) is 6.20 Å². The highest BCUT2D eigenvalue weighted by molar-refractivity contribution is 8.00. The van der Waals surface area contributed by atoms with Crippen molar-refractivity contribution in [3.05, 3.63) is 24.4 Å². The van der Waals surface area contributed by atoms with Crippen LogP contribution in [0.4, 0.5) is 0 Å². The van der Waals surface area contributed by atoms with Crippen LogP contribution in [0, 0.1) is 0 Å². The van der Waals surface area contributed by atoms with Crippen molar-refractivity contribution in [1.29, 1.82) is 0 Å². The van der Waals surface area contributed by atoms with Crippen molar-refractivity contribution < 1.29 is 19.1 Å². The van der Waals surface area contributed by atoms with Crippen molar-refractivity contribution in [3.63, 3.8) is 0 Å². The average Bonchev–Trinajstić information content (AvgIpc) is 2.52. The lowest BCUT2D eigenvalue weighted by Gasteiger charge is -2.13. The van der Waals surface area contributed by atoms with Gasteiger partial charge >= 0.3 is 11.9 Å². The summed E-state index contributed by atoms with van der Waals surface area (Å²) in [5, 5.41) is 0.408. The summed E-state index contributed by atoms with van der Waals surface area (Å²) in [5.41, 5.74) is 0. The van der Waals surface area contributed by atoms with Gasteiger partial charge < -0.3 is 9.47 Å². The van der Waals surface area contributed by atoms with Crippen molar-refractivity contribution in [2.24, 2.45) is 0 Å². The molecule has 1 heterocycles. The summed E-state index contributed by atoms with van der Waals surface area (Å²) in [5.74, 6) is -0.518. The normalized spacial score (nSPS) is 11.7. The van der Waals surface area contributed by atoms with Gasteiger partial charge in [0.15, 0.2) is 0 Å². The van der Waals surface area contributed by atoms with Gasteiger partial charge in [0.25, 0.3) is 0 Å². The predicted molar refractivity (Wildman–Crippen MR) is 81.0 cm³/mol. The highest BCUT2D eigenvalue weighted by atomic mass is 32.2. The van der Waals surface area contributed by atoms with Crippen molar-refractivity contribution in [1.82, 2.24) is 4.98 Å². The van der Waals surface area contributed by atoms with E-state index in [1.807, 2.05) is 25.1 Å². The summed E-state index contributed by atoms with van der Waals surface area (Å²) in [4.78, 5) is 27.4. The van der Waals surface area contributed by atoms with E-state index in [1.165, 1.54) is 18.9 Å². The largest absolute Gasteiger partial charge is 0.468 e. The molecule has 116 valence electrons. The molecule has 0 spiro atoms. The maximum atomic E-state index is 11.8. The number of esters is 2. The van der Waals surface area contributed by atoms with Gasteiger partial charge in [-0.05, 0) is 31.4 Å². The number of rotatable bonds is 9. The molecule has 0 amide bonds. The number of hydrogen-bond acceptors (Lipinski definition) is 6. The van der Waals surface area contributed by atoms with Crippen molar-refractivity contribution in [2.75, 3.05) is 13.7 Å². The molecule has 1 atom stereocenters. The van der Waals surface area contributed by atoms with Gasteiger partial charge in [-0.25, -0.2) is 4.98 Å². The standard InChI is InChI=1S/C15H21NO4S/c1-3-11-20-14(17)9-6-7-12(15(18)19-2)21-13-8-4-5-10-16-13/h4-5,8,10,12H,3,6-7,9,11H2,1-2H3. The number of thioether (sulfide) groups is 1. The minimum absolute atomic E-state index is 0.219. The minimum Gasteiger partial charge on any atom is -0.468 e. The summed E-state index contributed by atoms with van der Waals surface area (Å²) < 4.78 is 9.81. The van der Waals surface area contributed by atoms with Crippen LogP contribution in [0.5, 0.6) is 0 Å². The molecule has 0 aromatic carbocycles. The van der Waals surface area contributed by atoms with Crippen LogP contribution in [0.15, 0.2) is 29.4 Å². The Balaban J connectivity index is 2.44. The Bertz CT molecular complexity index is 439. The fraction of sp³-hybridized carbons (Fsp3) is 0.533. The van der Waals surface area contributed by atoms with Gasteiger partial charge in [-0.15, -0.1) is 0 Å². The van der Waals surface area contributed by atoms with E-state index < -0.39 is 0 Å². The number of pyridine rings is 1. The lowest BCUT2D eigenvalue weighted by molar-refractivity contribution is -0.144. The minimum atomic E-state index is -0.358. The molecule has 6 heteroatoms. The number of hydrogen-bond donors (Lipinski definition) is 0. The van der Waals surface area contributed by atoms with Gasteiger partial charge in [-0.3, -0.25) is 9.59 Å². The molecule has 0 bridgehead atoms. The number of carbonyl (C=O) groups is 2. The van der Waals surface area contributed by atoms with Gasteiger partial charge in [-0.1, -0.05) is 24.8 Å². The average molecular weight is 311 g/mol. The first kappa shape index (κ1) is 17.5. The Labute approximate surface area is 129 Å². The molecule has 0 radical (unpaired) electrons. The fourth-order valence-corrected chi connectivity index (χ4v) is 2.69. The maximum absolute atomic E-state index is 11.8. The Hall–Kier alpha value is -1.56. The zero-order valence-corrected chi connectivity index (χ0v) is 13.2. The smallest absolute Gasteiger partial charge is 0.319 e. The number of carbonyl (C=O) groups excluding carboxylic acids is 2. The first-order chi connectivity index (χ1) is 10.2. The van der Waals surface area contributed by atoms with E-state index in [-0.39, 0.29) is 17.2 Å². The molecule has 1 rings (SSSR count). The molecule has 0 N–H and O–H groups in total. The predicted octanol–water partition coefficient (Wildman–Crippen LogP) is 2.84. The van der Waals surface area contributed by atoms with Crippen LogP contribution in [-0.2, 0) is 19.1 Å². The molecule has 0 saturated heterocycles. The van der Waals surface area contributed by atoms with E-state index in [0.717, 1.165) is 11.4 Å². The zero-order valence-electron chi connectivity index (χ0n) is 12.4. The van der Waals surface area contributed by atoms with Crippen LogP contribution in [-0.4, -0.2) is 35.9 Å². The molecule has 0 fully saturated rings. The molecule has 0 aliphatic rings. The molecule has 0 aliphatic heterocycles. The van der Waals surface area contributed by atoms with Crippen LogP contribution < -0.4 is 0 Å². The van der Waals surface area contributed by atoms with E-state index in [4.69, 9.17) is 9.47 Å². The Morgan fingerprint density at radius 1 is 1.38 bits per heavy atom. The summed E-state index contributed by atoms with van der Waals surface area (Å²) in [6.45, 7) is 2.39. The SMILES string of the molecule is CCCOC(=O)CCCC(Sc1ccccn1)C(=O)OC. The number of methoxy groups -OCH3 is 1. The highest BCUT2D eigenvalue weighted by Gasteiger charge is 2.21. The monoisotopic (exact) mass is 311 g/mol. The van der Waals surface area contributed by atoms with Crippen LogP contribution in [0.3, 0.4) is 0 Å². The maximum Gasteiger partial charge on any atom is 0.319 e. The second kappa shape index (κ2) is 10.2. The first-order valence-electron chi connectivity index (χ1n) is 6.98. The highest BCUT2D eigenvalue weighted by Crippen LogP contribution is 2.25. The molecular weight excluding hydrogens is 290 g/mol. The molecule has 1 aromatic heterocycles. The first-order valence-corrected chi connectivity index (χ1v) is 7.86. The van der Waals surface area contributed by atoms with Gasteiger partial charge in [0.1, 0.15) is 5.25 Å². The Kier molecular flexibility index (Phi) is 8.50. The second-order valence-electron chi connectivity index (χ2n) is 4.41. The third kappa shape index (κ3) is 7.13. The lowest BCUT2D eigenvalue weighted by Crippen LogP contribution is -2.19. The number of aromatic nitrogens is 1. The van der Waals surface area contributed by atoms with E-state index in [0.29, 0.717) is 25.9 Å². The van der Waals surface area contributed by atoms with Crippen LogP contribution >= 0.6 is 11.8 Å². The van der Waals surface area contributed by atoms with Crippen molar-refractivity contribution in [2.45, 2.75) is 42.9 Å². The van der Waals surface area contributed by atoms with Crippen LogP contribution in [0.25, 0.3) is 0 Å². The molecule has 0 aliphatic carbocycles. The lowest BCUT2D eigenvalue weighted by atomic mass is 10.2. The number of nitrogens with zero attached hydrogens (tertiary/aromatic N) is 1. The summed E-state index contributed by atoms with van der Waals surface area (Å²) in [7, 11) is 1.36. The molecular formula is C15H21NO4S. The molecule has 1 unspecified atom stereocenters. The quantitative estimate of drug-likeness (QED) is 0.516.